The average Bonchev–Trinajstić information content (AvgIpc) is 3.30. The Bertz CT molecular complexity index is 1150. The van der Waals surface area contributed by atoms with E-state index in [-0.39, 0.29) is 16.7 Å². The number of rotatable bonds is 8. The lowest BCUT2D eigenvalue weighted by Crippen LogP contribution is -2.30. The van der Waals surface area contributed by atoms with E-state index < -0.39 is 10.0 Å². The van der Waals surface area contributed by atoms with Crippen molar-refractivity contribution in [2.24, 2.45) is 0 Å². The molecular weight excluding hydrogens is 434 g/mol. The molecule has 0 aliphatic rings. The fourth-order valence-electron chi connectivity index (χ4n) is 2.96. The molecule has 0 aliphatic carbocycles. The third-order valence-corrected chi connectivity index (χ3v) is 7.52. The Kier molecular flexibility index (Phi) is 7.21. The highest BCUT2D eigenvalue weighted by Gasteiger charge is 2.21. The lowest BCUT2D eigenvalue weighted by molar-refractivity contribution is 0.101. The zero-order valence-corrected chi connectivity index (χ0v) is 18.8. The van der Waals surface area contributed by atoms with E-state index in [1.54, 1.807) is 62.4 Å². The maximum atomic E-state index is 12.6. The lowest BCUT2D eigenvalue weighted by atomic mass is 10.1. The molecule has 3 aromatic rings. The monoisotopic (exact) mass is 457 g/mol. The van der Waals surface area contributed by atoms with Crippen LogP contribution in [0.15, 0.2) is 70.9 Å². The maximum absolute atomic E-state index is 12.6. The number of amides is 2. The van der Waals surface area contributed by atoms with Crippen LogP contribution in [0, 0.1) is 0 Å². The first-order valence-electron chi connectivity index (χ1n) is 9.71. The van der Waals surface area contributed by atoms with Crippen LogP contribution in [-0.2, 0) is 10.0 Å². The van der Waals surface area contributed by atoms with E-state index in [9.17, 15) is 18.0 Å². The first-order chi connectivity index (χ1) is 14.8. The van der Waals surface area contributed by atoms with Gasteiger partial charge in [0, 0.05) is 30.0 Å². The van der Waals surface area contributed by atoms with Crippen LogP contribution in [0.25, 0.3) is 0 Å². The number of carbonyl (C=O) groups excluding carboxylic acids is 2. The summed E-state index contributed by atoms with van der Waals surface area (Å²) in [6, 6.07) is 16.2. The molecule has 0 saturated carbocycles. The number of hydrogen-bond acceptors (Lipinski definition) is 5. The molecule has 9 heteroatoms. The molecule has 0 atom stereocenters. The Morgan fingerprint density at radius 1 is 0.871 bits per heavy atom. The molecule has 0 bridgehead atoms. The third-order valence-electron chi connectivity index (χ3n) is 4.58. The van der Waals surface area contributed by atoms with Crippen LogP contribution < -0.4 is 10.6 Å². The van der Waals surface area contributed by atoms with Crippen LogP contribution in [0.5, 0.6) is 0 Å². The van der Waals surface area contributed by atoms with Gasteiger partial charge < -0.3 is 10.6 Å². The Morgan fingerprint density at radius 3 is 2.16 bits per heavy atom. The summed E-state index contributed by atoms with van der Waals surface area (Å²) in [5, 5.41) is 7.33. The third kappa shape index (κ3) is 5.38. The van der Waals surface area contributed by atoms with Gasteiger partial charge in [0.05, 0.1) is 9.77 Å². The SMILES string of the molecule is CCN(CC)S(=O)(=O)c1ccc(NC(=O)c2cccc(NC(=O)c3cccs3)c2)cc1. The van der Waals surface area contributed by atoms with E-state index in [1.165, 1.54) is 27.8 Å². The highest BCUT2D eigenvalue weighted by Crippen LogP contribution is 2.20. The van der Waals surface area contributed by atoms with E-state index >= 15 is 0 Å². The highest BCUT2D eigenvalue weighted by atomic mass is 32.2. The molecule has 162 valence electrons. The molecule has 3 rings (SSSR count). The zero-order valence-electron chi connectivity index (χ0n) is 17.2. The summed E-state index contributed by atoms with van der Waals surface area (Å²) >= 11 is 1.33. The summed E-state index contributed by atoms with van der Waals surface area (Å²) in [5.74, 6) is -0.607. The first kappa shape index (κ1) is 22.7. The fourth-order valence-corrected chi connectivity index (χ4v) is 5.04. The molecule has 0 aliphatic heterocycles. The largest absolute Gasteiger partial charge is 0.322 e. The van der Waals surface area contributed by atoms with Crippen molar-refractivity contribution in [2.45, 2.75) is 18.7 Å². The topological polar surface area (TPSA) is 95.6 Å². The summed E-state index contributed by atoms with van der Waals surface area (Å²) in [7, 11) is -3.55. The Hall–Kier alpha value is -3.01. The van der Waals surface area contributed by atoms with Gasteiger partial charge in [-0.1, -0.05) is 26.0 Å². The molecule has 7 nitrogen and oxygen atoms in total. The van der Waals surface area contributed by atoms with Gasteiger partial charge in [-0.05, 0) is 53.9 Å². The van der Waals surface area contributed by atoms with Gasteiger partial charge in [0.25, 0.3) is 11.8 Å². The normalized spacial score (nSPS) is 11.3. The molecular formula is C22H23N3O4S2. The van der Waals surface area contributed by atoms with E-state index in [2.05, 4.69) is 10.6 Å². The number of carbonyl (C=O) groups is 2. The Morgan fingerprint density at radius 2 is 1.55 bits per heavy atom. The summed E-state index contributed by atoms with van der Waals surface area (Å²) < 4.78 is 26.5. The second-order valence-electron chi connectivity index (χ2n) is 6.58. The van der Waals surface area contributed by atoms with Crippen LogP contribution in [0.1, 0.15) is 33.9 Å². The van der Waals surface area contributed by atoms with Crippen molar-refractivity contribution < 1.29 is 18.0 Å². The van der Waals surface area contributed by atoms with Crippen molar-refractivity contribution >= 4 is 44.5 Å². The quantitative estimate of drug-likeness (QED) is 0.528. The van der Waals surface area contributed by atoms with Gasteiger partial charge in [-0.3, -0.25) is 9.59 Å². The second kappa shape index (κ2) is 9.86. The van der Waals surface area contributed by atoms with Crippen LogP contribution in [-0.4, -0.2) is 37.6 Å². The number of nitrogens with one attached hydrogen (secondary N) is 2. The number of hydrogen-bond donors (Lipinski definition) is 2. The molecule has 0 saturated heterocycles. The maximum Gasteiger partial charge on any atom is 0.265 e. The van der Waals surface area contributed by atoms with Crippen molar-refractivity contribution in [2.75, 3.05) is 23.7 Å². The van der Waals surface area contributed by atoms with Crippen molar-refractivity contribution in [1.29, 1.82) is 0 Å². The van der Waals surface area contributed by atoms with Crippen molar-refractivity contribution in [3.05, 3.63) is 76.5 Å². The number of sulfonamides is 1. The van der Waals surface area contributed by atoms with E-state index in [0.29, 0.717) is 34.9 Å². The molecule has 0 unspecified atom stereocenters. The predicted molar refractivity (Wildman–Crippen MR) is 123 cm³/mol. The van der Waals surface area contributed by atoms with Gasteiger partial charge in [-0.25, -0.2) is 8.42 Å². The number of thiophene rings is 1. The molecule has 0 spiro atoms. The fraction of sp³-hybridized carbons (Fsp3) is 0.182. The molecule has 0 radical (unpaired) electrons. The zero-order chi connectivity index (χ0) is 22.4. The minimum absolute atomic E-state index is 0.174. The van der Waals surface area contributed by atoms with Crippen molar-refractivity contribution in [3.63, 3.8) is 0 Å². The van der Waals surface area contributed by atoms with E-state index in [0.717, 1.165) is 0 Å². The van der Waals surface area contributed by atoms with Crippen LogP contribution in [0.4, 0.5) is 11.4 Å². The summed E-state index contributed by atoms with van der Waals surface area (Å²) in [6.07, 6.45) is 0. The minimum Gasteiger partial charge on any atom is -0.322 e. The Balaban J connectivity index is 1.70. The summed E-state index contributed by atoms with van der Waals surface area (Å²) in [6.45, 7) is 4.34. The molecule has 0 fully saturated rings. The van der Waals surface area contributed by atoms with Crippen LogP contribution in [0.3, 0.4) is 0 Å². The standard InChI is InChI=1S/C22H23N3O4S2/c1-3-25(4-2)31(28,29)19-12-10-17(11-13-19)23-21(26)16-7-5-8-18(15-16)24-22(27)20-9-6-14-30-20/h5-15H,3-4H2,1-2H3,(H,23,26)(H,24,27). The molecule has 2 aromatic carbocycles. The minimum atomic E-state index is -3.55. The molecule has 1 aromatic heterocycles. The summed E-state index contributed by atoms with van der Waals surface area (Å²) in [5.41, 5.74) is 1.34. The Labute approximate surface area is 185 Å². The molecule has 1 heterocycles. The summed E-state index contributed by atoms with van der Waals surface area (Å²) in [4.78, 5) is 25.6. The smallest absolute Gasteiger partial charge is 0.265 e. The molecule has 2 amide bonds. The predicted octanol–water partition coefficient (Wildman–Crippen LogP) is 4.28. The van der Waals surface area contributed by atoms with Gasteiger partial charge in [-0.15, -0.1) is 11.3 Å². The van der Waals surface area contributed by atoms with Gasteiger partial charge >= 0.3 is 0 Å². The van der Waals surface area contributed by atoms with Gasteiger partial charge in [-0.2, -0.15) is 4.31 Å². The highest BCUT2D eigenvalue weighted by molar-refractivity contribution is 7.89. The number of benzene rings is 2. The van der Waals surface area contributed by atoms with Crippen LogP contribution >= 0.6 is 11.3 Å². The number of nitrogens with zero attached hydrogens (tertiary/aromatic N) is 1. The average molecular weight is 458 g/mol. The number of anilines is 2. The van der Waals surface area contributed by atoms with Gasteiger partial charge in [0.15, 0.2) is 0 Å². The van der Waals surface area contributed by atoms with Crippen molar-refractivity contribution in [3.8, 4) is 0 Å². The van der Waals surface area contributed by atoms with Crippen LogP contribution in [0.2, 0.25) is 0 Å². The van der Waals surface area contributed by atoms with Gasteiger partial charge in [0.1, 0.15) is 0 Å². The van der Waals surface area contributed by atoms with E-state index in [4.69, 9.17) is 0 Å². The van der Waals surface area contributed by atoms with Gasteiger partial charge in [0.2, 0.25) is 10.0 Å². The lowest BCUT2D eigenvalue weighted by Gasteiger charge is -2.18. The van der Waals surface area contributed by atoms with Crippen molar-refractivity contribution in [1.82, 2.24) is 4.31 Å². The molecule has 31 heavy (non-hydrogen) atoms. The van der Waals surface area contributed by atoms with E-state index in [1.807, 2.05) is 5.38 Å². The second-order valence-corrected chi connectivity index (χ2v) is 9.47. The first-order valence-corrected chi connectivity index (χ1v) is 12.0. The molecule has 2 N–H and O–H groups in total.